The molecule has 1 saturated heterocycles. The number of carbonyl (C=O) groups is 1. The third-order valence-electron chi connectivity index (χ3n) is 6.29. The molecule has 1 fully saturated rings. The molecule has 3 heterocycles. The number of piperazine rings is 1. The Hall–Kier alpha value is -3.66. The number of benzene rings is 1. The average molecular weight is 500 g/mol. The van der Waals surface area contributed by atoms with Crippen molar-refractivity contribution in [2.75, 3.05) is 31.1 Å². The highest BCUT2D eigenvalue weighted by molar-refractivity contribution is 5.94. The number of anilines is 1. The van der Waals surface area contributed by atoms with Crippen molar-refractivity contribution in [3.05, 3.63) is 71.3 Å². The van der Waals surface area contributed by atoms with Crippen molar-refractivity contribution in [3.63, 3.8) is 0 Å². The summed E-state index contributed by atoms with van der Waals surface area (Å²) in [4.78, 5) is 25.6. The molecule has 4 rings (SSSR count). The third kappa shape index (κ3) is 4.86. The summed E-state index contributed by atoms with van der Waals surface area (Å²) in [6, 6.07) is 9.17. The Morgan fingerprint density at radius 3 is 2.64 bits per heavy atom. The van der Waals surface area contributed by atoms with Crippen LogP contribution in [0.4, 0.5) is 18.9 Å². The van der Waals surface area contributed by atoms with Crippen molar-refractivity contribution in [2.45, 2.75) is 32.9 Å². The van der Waals surface area contributed by atoms with Gasteiger partial charge >= 0.3 is 0 Å². The summed E-state index contributed by atoms with van der Waals surface area (Å²) in [7, 11) is 0. The van der Waals surface area contributed by atoms with Gasteiger partial charge in [-0.1, -0.05) is 6.92 Å². The minimum atomic E-state index is -1.65. The van der Waals surface area contributed by atoms with E-state index in [4.69, 9.17) is 15.5 Å². The van der Waals surface area contributed by atoms with Crippen LogP contribution in [0.15, 0.2) is 42.6 Å². The number of hydrogen-bond acceptors (Lipinski definition) is 6. The van der Waals surface area contributed by atoms with E-state index < -0.39 is 28.9 Å². The number of nitrogens with zero attached hydrogens (tertiary/aromatic N) is 4. The highest BCUT2D eigenvalue weighted by Gasteiger charge is 2.32. The summed E-state index contributed by atoms with van der Waals surface area (Å²) >= 11 is 0. The standard InChI is InChI=1S/C26H28F3N5O2/c1-3-16-15-33(26(35)18-7-8-19(27)24(29)23(18)28)12-13-34(16)22-10-9-20(32-21(22)14-30)17-6-5-11-31-25(17)36-4-2/h5-11,16H,3-4,12-15,30H2,1-2H3/t16-/m1/s1. The number of halogens is 3. The zero-order valence-corrected chi connectivity index (χ0v) is 20.2. The molecule has 1 atom stereocenters. The maximum Gasteiger partial charge on any atom is 0.257 e. The maximum absolute atomic E-state index is 14.2. The molecule has 1 amide bonds. The van der Waals surface area contributed by atoms with Gasteiger partial charge in [0.25, 0.3) is 5.91 Å². The minimum absolute atomic E-state index is 0.105. The van der Waals surface area contributed by atoms with Crippen LogP contribution in [-0.2, 0) is 6.54 Å². The van der Waals surface area contributed by atoms with E-state index in [-0.39, 0.29) is 25.7 Å². The van der Waals surface area contributed by atoms with E-state index in [1.54, 1.807) is 6.20 Å². The molecule has 0 bridgehead atoms. The Bertz CT molecular complexity index is 1260. The SMILES string of the molecule is CCOc1ncccc1-c1ccc(N2CCN(C(=O)c3ccc(F)c(F)c3F)C[C@H]2CC)c(CN)n1. The molecule has 0 radical (unpaired) electrons. The number of hydrogen-bond donors (Lipinski definition) is 1. The lowest BCUT2D eigenvalue weighted by Crippen LogP contribution is -2.55. The van der Waals surface area contributed by atoms with Crippen LogP contribution < -0.4 is 15.4 Å². The van der Waals surface area contributed by atoms with Crippen LogP contribution in [0, 0.1) is 17.5 Å². The number of ether oxygens (including phenoxy) is 1. The van der Waals surface area contributed by atoms with Crippen molar-refractivity contribution in [1.29, 1.82) is 0 Å². The molecule has 7 nitrogen and oxygen atoms in total. The summed E-state index contributed by atoms with van der Waals surface area (Å²) in [6.07, 6.45) is 2.35. The lowest BCUT2D eigenvalue weighted by atomic mass is 10.0. The molecule has 3 aromatic rings. The molecule has 36 heavy (non-hydrogen) atoms. The normalized spacial score (nSPS) is 15.8. The van der Waals surface area contributed by atoms with Gasteiger partial charge < -0.3 is 20.3 Å². The smallest absolute Gasteiger partial charge is 0.257 e. The summed E-state index contributed by atoms with van der Waals surface area (Å²) in [5, 5.41) is 0. The van der Waals surface area contributed by atoms with Gasteiger partial charge in [-0.25, -0.2) is 23.1 Å². The minimum Gasteiger partial charge on any atom is -0.477 e. The first-order valence-corrected chi connectivity index (χ1v) is 11.9. The van der Waals surface area contributed by atoms with Gasteiger partial charge in [0.1, 0.15) is 0 Å². The van der Waals surface area contributed by atoms with Crippen molar-refractivity contribution in [1.82, 2.24) is 14.9 Å². The van der Waals surface area contributed by atoms with Crippen molar-refractivity contribution in [3.8, 4) is 17.1 Å². The van der Waals surface area contributed by atoms with Crippen molar-refractivity contribution < 1.29 is 22.7 Å². The van der Waals surface area contributed by atoms with Crippen LogP contribution in [-0.4, -0.2) is 53.1 Å². The molecule has 190 valence electrons. The second-order valence-corrected chi connectivity index (χ2v) is 8.39. The van der Waals surface area contributed by atoms with Crippen LogP contribution in [0.3, 0.4) is 0 Å². The summed E-state index contributed by atoms with van der Waals surface area (Å²) in [5.41, 5.74) is 8.57. The van der Waals surface area contributed by atoms with Gasteiger partial charge in [-0.3, -0.25) is 4.79 Å². The predicted octanol–water partition coefficient (Wildman–Crippen LogP) is 4.16. The first kappa shape index (κ1) is 25.4. The third-order valence-corrected chi connectivity index (χ3v) is 6.29. The fraction of sp³-hybridized carbons (Fsp3) is 0.346. The predicted molar refractivity (Wildman–Crippen MR) is 130 cm³/mol. The van der Waals surface area contributed by atoms with E-state index in [2.05, 4.69) is 9.88 Å². The van der Waals surface area contributed by atoms with Gasteiger partial charge in [-0.15, -0.1) is 0 Å². The van der Waals surface area contributed by atoms with Gasteiger partial charge in [0, 0.05) is 38.4 Å². The average Bonchev–Trinajstić information content (AvgIpc) is 2.91. The van der Waals surface area contributed by atoms with Gasteiger partial charge in [-0.05, 0) is 49.7 Å². The van der Waals surface area contributed by atoms with E-state index in [0.29, 0.717) is 36.8 Å². The Balaban J connectivity index is 1.59. The van der Waals surface area contributed by atoms with Crippen LogP contribution in [0.5, 0.6) is 5.88 Å². The maximum atomic E-state index is 14.2. The lowest BCUT2D eigenvalue weighted by Gasteiger charge is -2.43. The highest BCUT2D eigenvalue weighted by Crippen LogP contribution is 2.32. The van der Waals surface area contributed by atoms with E-state index in [9.17, 15) is 18.0 Å². The molecular formula is C26H28F3N5O2. The Morgan fingerprint density at radius 1 is 1.11 bits per heavy atom. The van der Waals surface area contributed by atoms with Crippen LogP contribution in [0.25, 0.3) is 11.3 Å². The topological polar surface area (TPSA) is 84.6 Å². The largest absolute Gasteiger partial charge is 0.477 e. The first-order valence-electron chi connectivity index (χ1n) is 11.9. The molecule has 10 heteroatoms. The fourth-order valence-corrected chi connectivity index (χ4v) is 4.46. The Kier molecular flexibility index (Phi) is 7.73. The molecule has 0 saturated carbocycles. The quantitative estimate of drug-likeness (QED) is 0.492. The molecule has 2 aromatic heterocycles. The number of aromatic nitrogens is 2. The zero-order chi connectivity index (χ0) is 25.8. The van der Waals surface area contributed by atoms with Gasteiger partial charge in [0.05, 0.1) is 34.8 Å². The molecule has 1 aromatic carbocycles. The highest BCUT2D eigenvalue weighted by atomic mass is 19.2. The number of pyridine rings is 2. The van der Waals surface area contributed by atoms with E-state index in [1.165, 1.54) is 4.90 Å². The molecule has 0 aliphatic carbocycles. The second kappa shape index (κ2) is 10.9. The molecule has 1 aliphatic heterocycles. The van der Waals surface area contributed by atoms with E-state index in [0.717, 1.165) is 23.4 Å². The van der Waals surface area contributed by atoms with Crippen LogP contribution in [0.2, 0.25) is 0 Å². The summed E-state index contributed by atoms with van der Waals surface area (Å²) in [5.74, 6) is -4.62. The second-order valence-electron chi connectivity index (χ2n) is 8.39. The molecule has 1 aliphatic rings. The van der Waals surface area contributed by atoms with Gasteiger partial charge in [0.15, 0.2) is 17.5 Å². The summed E-state index contributed by atoms with van der Waals surface area (Å²) in [6.45, 7) is 5.55. The number of rotatable bonds is 7. The van der Waals surface area contributed by atoms with Gasteiger partial charge in [0.2, 0.25) is 5.88 Å². The molecule has 0 spiro atoms. The van der Waals surface area contributed by atoms with E-state index in [1.807, 2.05) is 38.1 Å². The lowest BCUT2D eigenvalue weighted by molar-refractivity contribution is 0.0714. The number of amides is 1. The fourth-order valence-electron chi connectivity index (χ4n) is 4.46. The van der Waals surface area contributed by atoms with Crippen molar-refractivity contribution >= 4 is 11.6 Å². The van der Waals surface area contributed by atoms with Crippen LogP contribution in [0.1, 0.15) is 36.3 Å². The number of carbonyl (C=O) groups excluding carboxylic acids is 1. The first-order chi connectivity index (χ1) is 17.4. The molecular weight excluding hydrogens is 471 g/mol. The number of nitrogens with two attached hydrogens (primary N) is 1. The van der Waals surface area contributed by atoms with Gasteiger partial charge in [-0.2, -0.15) is 0 Å². The summed E-state index contributed by atoms with van der Waals surface area (Å²) < 4.78 is 46.9. The van der Waals surface area contributed by atoms with E-state index >= 15 is 0 Å². The van der Waals surface area contributed by atoms with Crippen LogP contribution >= 0.6 is 0 Å². The molecule has 2 N–H and O–H groups in total. The Morgan fingerprint density at radius 2 is 1.92 bits per heavy atom. The monoisotopic (exact) mass is 499 g/mol. The Labute approximate surface area is 207 Å². The zero-order valence-electron chi connectivity index (χ0n) is 20.2. The molecule has 0 unspecified atom stereocenters. The van der Waals surface area contributed by atoms with Crippen molar-refractivity contribution in [2.24, 2.45) is 5.73 Å².